The van der Waals surface area contributed by atoms with E-state index in [4.69, 9.17) is 5.26 Å². The average Bonchev–Trinajstić information content (AvgIpc) is 2.48. The first-order valence-corrected chi connectivity index (χ1v) is 6.79. The van der Waals surface area contributed by atoms with Gasteiger partial charge in [-0.1, -0.05) is 22.0 Å². The maximum Gasteiger partial charge on any atom is 0.417 e. The van der Waals surface area contributed by atoms with Crippen molar-refractivity contribution in [2.24, 2.45) is 0 Å². The molecular weight excluding hydrogens is 361 g/mol. The van der Waals surface area contributed by atoms with Crippen molar-refractivity contribution in [2.75, 3.05) is 5.32 Å². The quantitative estimate of drug-likeness (QED) is 0.842. The molecule has 0 saturated heterocycles. The Hall–Kier alpha value is -2.33. The number of hydrogen-bond donors (Lipinski definition) is 1. The van der Waals surface area contributed by atoms with E-state index in [0.29, 0.717) is 5.56 Å². The number of halogens is 4. The van der Waals surface area contributed by atoms with Gasteiger partial charge in [-0.2, -0.15) is 18.4 Å². The number of amides is 1. The van der Waals surface area contributed by atoms with Gasteiger partial charge >= 0.3 is 6.18 Å². The highest BCUT2D eigenvalue weighted by Crippen LogP contribution is 2.36. The molecule has 2 aromatic carbocycles. The van der Waals surface area contributed by atoms with Crippen molar-refractivity contribution in [3.8, 4) is 6.07 Å². The SMILES string of the molecule is N#Cc1cccc(C(=O)Nc2ccc(Br)c(C(F)(F)F)c2)c1. The molecule has 112 valence electrons. The van der Waals surface area contributed by atoms with E-state index in [0.717, 1.165) is 6.07 Å². The van der Waals surface area contributed by atoms with Crippen LogP contribution in [-0.2, 0) is 6.18 Å². The Morgan fingerprint density at radius 1 is 1.18 bits per heavy atom. The molecule has 22 heavy (non-hydrogen) atoms. The van der Waals surface area contributed by atoms with Gasteiger partial charge in [0.2, 0.25) is 0 Å². The molecule has 2 rings (SSSR count). The van der Waals surface area contributed by atoms with Crippen molar-refractivity contribution in [3.05, 3.63) is 63.6 Å². The van der Waals surface area contributed by atoms with Crippen molar-refractivity contribution in [2.45, 2.75) is 6.18 Å². The highest BCUT2D eigenvalue weighted by Gasteiger charge is 2.33. The fourth-order valence-electron chi connectivity index (χ4n) is 1.75. The Bertz CT molecular complexity index is 766. The Kier molecular flexibility index (Phi) is 4.52. The number of rotatable bonds is 2. The molecule has 0 bridgehead atoms. The standard InChI is InChI=1S/C15H8BrF3N2O/c16-13-5-4-11(7-12(13)15(17,18)19)21-14(22)10-3-1-2-9(6-10)8-20/h1-7H,(H,21,22). The summed E-state index contributed by atoms with van der Waals surface area (Å²) in [6.07, 6.45) is -4.53. The zero-order chi connectivity index (χ0) is 16.3. The molecule has 1 amide bonds. The minimum atomic E-state index is -4.53. The summed E-state index contributed by atoms with van der Waals surface area (Å²) in [7, 11) is 0. The monoisotopic (exact) mass is 368 g/mol. The third kappa shape index (κ3) is 3.65. The van der Waals surface area contributed by atoms with Crippen LogP contribution in [-0.4, -0.2) is 5.91 Å². The van der Waals surface area contributed by atoms with Gasteiger partial charge < -0.3 is 5.32 Å². The predicted molar refractivity (Wildman–Crippen MR) is 78.3 cm³/mol. The molecular formula is C15H8BrF3N2O. The molecule has 0 aliphatic carbocycles. The molecule has 2 aromatic rings. The minimum Gasteiger partial charge on any atom is -0.322 e. The van der Waals surface area contributed by atoms with Crippen LogP contribution in [0.2, 0.25) is 0 Å². The second-order valence-corrected chi connectivity index (χ2v) is 5.19. The molecule has 0 aromatic heterocycles. The number of nitriles is 1. The third-order valence-corrected chi connectivity index (χ3v) is 3.47. The fourth-order valence-corrected chi connectivity index (χ4v) is 2.22. The van der Waals surface area contributed by atoms with Gasteiger partial charge in [-0.15, -0.1) is 0 Å². The number of hydrogen-bond acceptors (Lipinski definition) is 2. The van der Waals surface area contributed by atoms with E-state index in [1.54, 1.807) is 0 Å². The summed E-state index contributed by atoms with van der Waals surface area (Å²) in [6, 6.07) is 11.2. The first kappa shape index (κ1) is 16.0. The second kappa shape index (κ2) is 6.20. The summed E-state index contributed by atoms with van der Waals surface area (Å²) in [5.41, 5.74) is -0.381. The number of carbonyl (C=O) groups excluding carboxylic acids is 1. The molecule has 0 radical (unpaired) electrons. The van der Waals surface area contributed by atoms with Crippen LogP contribution < -0.4 is 5.32 Å². The van der Waals surface area contributed by atoms with Gasteiger partial charge in [-0.3, -0.25) is 4.79 Å². The lowest BCUT2D eigenvalue weighted by Gasteiger charge is -2.12. The van der Waals surface area contributed by atoms with E-state index >= 15 is 0 Å². The van der Waals surface area contributed by atoms with Crippen molar-refractivity contribution >= 4 is 27.5 Å². The molecule has 0 spiro atoms. The van der Waals surface area contributed by atoms with Crippen LogP contribution in [0, 0.1) is 11.3 Å². The topological polar surface area (TPSA) is 52.9 Å². The molecule has 7 heteroatoms. The molecule has 3 nitrogen and oxygen atoms in total. The van der Waals surface area contributed by atoms with Crippen LogP contribution >= 0.6 is 15.9 Å². The van der Waals surface area contributed by atoms with Crippen LogP contribution in [0.1, 0.15) is 21.5 Å². The molecule has 1 N–H and O–H groups in total. The molecule has 0 aliphatic rings. The predicted octanol–water partition coefficient (Wildman–Crippen LogP) is 4.59. The largest absolute Gasteiger partial charge is 0.417 e. The highest BCUT2D eigenvalue weighted by atomic mass is 79.9. The molecule has 0 aliphatic heterocycles. The maximum atomic E-state index is 12.8. The maximum absolute atomic E-state index is 12.8. The van der Waals surface area contributed by atoms with Gasteiger partial charge in [-0.25, -0.2) is 0 Å². The zero-order valence-electron chi connectivity index (χ0n) is 10.9. The normalized spacial score (nSPS) is 10.9. The highest BCUT2D eigenvalue weighted by molar-refractivity contribution is 9.10. The van der Waals surface area contributed by atoms with Crippen LogP contribution in [0.4, 0.5) is 18.9 Å². The number of nitrogens with one attached hydrogen (secondary N) is 1. The summed E-state index contributed by atoms with van der Waals surface area (Å²) < 4.78 is 38.3. The summed E-state index contributed by atoms with van der Waals surface area (Å²) in [4.78, 5) is 12.0. The lowest BCUT2D eigenvalue weighted by atomic mass is 10.1. The zero-order valence-corrected chi connectivity index (χ0v) is 12.5. The first-order valence-electron chi connectivity index (χ1n) is 5.99. The molecule has 0 heterocycles. The van der Waals surface area contributed by atoms with Crippen LogP contribution in [0.3, 0.4) is 0 Å². The molecule has 0 fully saturated rings. The Balaban J connectivity index is 2.27. The number of nitrogens with zero attached hydrogens (tertiary/aromatic N) is 1. The summed E-state index contributed by atoms with van der Waals surface area (Å²) in [5.74, 6) is -0.590. The van der Waals surface area contributed by atoms with E-state index in [1.807, 2.05) is 6.07 Å². The Morgan fingerprint density at radius 3 is 2.55 bits per heavy atom. The van der Waals surface area contributed by atoms with Crippen molar-refractivity contribution in [1.29, 1.82) is 5.26 Å². The summed E-state index contributed by atoms with van der Waals surface area (Å²) in [5, 5.41) is 11.2. The Morgan fingerprint density at radius 2 is 1.91 bits per heavy atom. The van der Waals surface area contributed by atoms with Crippen molar-refractivity contribution in [1.82, 2.24) is 0 Å². The average molecular weight is 369 g/mol. The number of anilines is 1. The number of benzene rings is 2. The van der Waals surface area contributed by atoms with Crippen molar-refractivity contribution < 1.29 is 18.0 Å². The van der Waals surface area contributed by atoms with Gasteiger partial charge in [0.05, 0.1) is 17.2 Å². The molecule has 0 atom stereocenters. The van der Waals surface area contributed by atoms with E-state index in [2.05, 4.69) is 21.2 Å². The van der Waals surface area contributed by atoms with Gasteiger partial charge in [0, 0.05) is 15.7 Å². The lowest BCUT2D eigenvalue weighted by Crippen LogP contribution is -2.13. The second-order valence-electron chi connectivity index (χ2n) is 4.34. The lowest BCUT2D eigenvalue weighted by molar-refractivity contribution is -0.138. The van der Waals surface area contributed by atoms with Crippen LogP contribution in [0.25, 0.3) is 0 Å². The third-order valence-electron chi connectivity index (χ3n) is 2.78. The Labute approximate surface area is 132 Å². The van der Waals surface area contributed by atoms with Crippen LogP contribution in [0.5, 0.6) is 0 Å². The van der Waals surface area contributed by atoms with E-state index in [1.165, 1.54) is 36.4 Å². The fraction of sp³-hybridized carbons (Fsp3) is 0.0667. The number of alkyl halides is 3. The van der Waals surface area contributed by atoms with Crippen molar-refractivity contribution in [3.63, 3.8) is 0 Å². The summed E-state index contributed by atoms with van der Waals surface area (Å²) in [6.45, 7) is 0. The molecule has 0 unspecified atom stereocenters. The van der Waals surface area contributed by atoms with Crippen LogP contribution in [0.15, 0.2) is 46.9 Å². The summed E-state index contributed by atoms with van der Waals surface area (Å²) >= 11 is 2.83. The van der Waals surface area contributed by atoms with Gasteiger partial charge in [0.25, 0.3) is 5.91 Å². The van der Waals surface area contributed by atoms with E-state index in [9.17, 15) is 18.0 Å². The molecule has 0 saturated carbocycles. The van der Waals surface area contributed by atoms with Gasteiger partial charge in [-0.05, 0) is 36.4 Å². The van der Waals surface area contributed by atoms with Gasteiger partial charge in [0.1, 0.15) is 0 Å². The minimum absolute atomic E-state index is 0.0166. The van der Waals surface area contributed by atoms with E-state index in [-0.39, 0.29) is 15.7 Å². The number of carbonyl (C=O) groups is 1. The smallest absolute Gasteiger partial charge is 0.322 e. The first-order chi connectivity index (χ1) is 10.3. The van der Waals surface area contributed by atoms with E-state index < -0.39 is 17.6 Å². The van der Waals surface area contributed by atoms with Gasteiger partial charge in [0.15, 0.2) is 0 Å².